The molecule has 1 rings (SSSR count). The Morgan fingerprint density at radius 3 is 2.28 bits per heavy atom. The summed E-state index contributed by atoms with van der Waals surface area (Å²) in [5.74, 6) is -5.22. The van der Waals surface area contributed by atoms with Gasteiger partial charge >= 0.3 is 18.1 Å². The normalized spacial score (nSPS) is 24.4. The third-order valence-electron chi connectivity index (χ3n) is 3.79. The number of rotatable bonds is 6. The molecular weight excluding hydrogens is 357 g/mol. The molecule has 142 valence electrons. The molecule has 0 bridgehead atoms. The van der Waals surface area contributed by atoms with Crippen LogP contribution in [0.1, 0.15) is 13.8 Å². The number of hydrogen-bond donors (Lipinski definition) is 1. The molecule has 0 aromatic heterocycles. The topological polar surface area (TPSA) is 85.2 Å². The van der Waals surface area contributed by atoms with Gasteiger partial charge in [-0.3, -0.25) is 4.79 Å². The van der Waals surface area contributed by atoms with E-state index in [1.807, 2.05) is 0 Å². The van der Waals surface area contributed by atoms with Gasteiger partial charge in [0, 0.05) is 13.0 Å². The lowest BCUT2D eigenvalue weighted by Gasteiger charge is -2.39. The van der Waals surface area contributed by atoms with Crippen molar-refractivity contribution in [2.45, 2.75) is 26.4 Å². The molecule has 2 unspecified atom stereocenters. The zero-order chi connectivity index (χ0) is 19.6. The number of allylic oxidation sites excluding steroid dienone is 1. The van der Waals surface area contributed by atoms with Crippen LogP contribution >= 0.6 is 0 Å². The van der Waals surface area contributed by atoms with Crippen LogP contribution in [0.5, 0.6) is 0 Å². The van der Waals surface area contributed by atoms with Crippen LogP contribution < -0.4 is 0 Å². The summed E-state index contributed by atoms with van der Waals surface area (Å²) < 4.78 is 75.8. The Bertz CT molecular complexity index is 613. The second-order valence-electron chi connectivity index (χ2n) is 5.29. The Morgan fingerprint density at radius 2 is 1.92 bits per heavy atom. The first kappa shape index (κ1) is 21.0. The Hall–Kier alpha value is -2.04. The molecule has 0 aromatic carbocycles. The average molecular weight is 373 g/mol. The summed E-state index contributed by atoms with van der Waals surface area (Å²) in [6, 6.07) is 0. The quantitative estimate of drug-likeness (QED) is 0.571. The number of ether oxygens (including phenoxy) is 2. The molecule has 0 saturated heterocycles. The van der Waals surface area contributed by atoms with Crippen LogP contribution in [0.3, 0.4) is 0 Å². The number of halogens is 5. The second kappa shape index (κ2) is 7.46. The summed E-state index contributed by atoms with van der Waals surface area (Å²) in [5, 5.41) is 9.38. The average Bonchev–Trinajstić information content (AvgIpc) is 2.47. The minimum absolute atomic E-state index is 0.252. The first-order chi connectivity index (χ1) is 11.4. The first-order valence-corrected chi connectivity index (χ1v) is 7.00. The van der Waals surface area contributed by atoms with Gasteiger partial charge in [0.15, 0.2) is 0 Å². The molecule has 1 aliphatic rings. The van der Waals surface area contributed by atoms with Crippen molar-refractivity contribution in [1.29, 1.82) is 0 Å². The summed E-state index contributed by atoms with van der Waals surface area (Å²) in [5.41, 5.74) is -7.14. The van der Waals surface area contributed by atoms with Gasteiger partial charge in [0.2, 0.25) is 0 Å². The molecule has 11 heteroatoms. The molecule has 0 spiro atoms. The Morgan fingerprint density at radius 1 is 1.36 bits per heavy atom. The zero-order valence-electron chi connectivity index (χ0n) is 13.5. The minimum Gasteiger partial charge on any atom is -0.481 e. The summed E-state index contributed by atoms with van der Waals surface area (Å²) >= 11 is 0. The number of hydrogen-bond acceptors (Lipinski definition) is 5. The van der Waals surface area contributed by atoms with Crippen LogP contribution in [0.15, 0.2) is 16.3 Å². The number of aliphatic imine (C=N–C) groups is 1. The number of esters is 1. The first-order valence-electron chi connectivity index (χ1n) is 7.00. The highest BCUT2D eigenvalue weighted by Gasteiger charge is 2.61. The largest absolute Gasteiger partial charge is 0.481 e. The SMILES string of the molecule is CCOC(=O)C1=C(C(F)F)N=C(C(F)(F)F)C(C)(C(=O)O)C1COC. The van der Waals surface area contributed by atoms with Crippen molar-refractivity contribution in [2.75, 3.05) is 20.3 Å². The van der Waals surface area contributed by atoms with E-state index in [1.54, 1.807) is 0 Å². The maximum Gasteiger partial charge on any atom is 0.430 e. The van der Waals surface area contributed by atoms with Gasteiger partial charge in [-0.05, 0) is 13.8 Å². The van der Waals surface area contributed by atoms with Crippen molar-refractivity contribution < 1.29 is 46.1 Å². The van der Waals surface area contributed by atoms with E-state index in [9.17, 15) is 36.6 Å². The number of aliphatic carboxylic acids is 1. The number of alkyl halides is 5. The van der Waals surface area contributed by atoms with Crippen molar-refractivity contribution in [3.05, 3.63) is 11.3 Å². The van der Waals surface area contributed by atoms with Crippen molar-refractivity contribution in [3.63, 3.8) is 0 Å². The van der Waals surface area contributed by atoms with Gasteiger partial charge in [0.05, 0.1) is 18.8 Å². The summed E-state index contributed by atoms with van der Waals surface area (Å²) in [6.45, 7) is 1.03. The molecule has 1 aliphatic heterocycles. The summed E-state index contributed by atoms with van der Waals surface area (Å²) in [4.78, 5) is 26.5. The van der Waals surface area contributed by atoms with E-state index in [0.29, 0.717) is 6.92 Å². The summed E-state index contributed by atoms with van der Waals surface area (Å²) in [7, 11) is 1.03. The number of carboxylic acids is 1. The Kier molecular flexibility index (Phi) is 6.27. The number of carbonyl (C=O) groups excluding carboxylic acids is 1. The lowest BCUT2D eigenvalue weighted by molar-refractivity contribution is -0.151. The standard InChI is InChI=1S/C14H16F5NO5/c1-4-25-10(21)7-6(5-24-3)13(2,12(22)23)11(14(17,18)19)20-8(7)9(15)16/h6,9H,4-5H2,1-3H3,(H,22,23). The predicted octanol–water partition coefficient (Wildman–Crippen LogP) is 2.44. The van der Waals surface area contributed by atoms with Gasteiger partial charge in [-0.2, -0.15) is 13.2 Å². The van der Waals surface area contributed by atoms with Crippen LogP contribution in [0.25, 0.3) is 0 Å². The monoisotopic (exact) mass is 373 g/mol. The van der Waals surface area contributed by atoms with Gasteiger partial charge in [0.1, 0.15) is 16.8 Å². The molecule has 6 nitrogen and oxygen atoms in total. The molecule has 0 amide bonds. The molecule has 0 aromatic rings. The van der Waals surface area contributed by atoms with Crippen molar-refractivity contribution in [2.24, 2.45) is 16.3 Å². The molecule has 0 saturated carbocycles. The molecule has 1 heterocycles. The van der Waals surface area contributed by atoms with E-state index in [4.69, 9.17) is 4.74 Å². The lowest BCUT2D eigenvalue weighted by atomic mass is 9.67. The third kappa shape index (κ3) is 3.80. The molecule has 25 heavy (non-hydrogen) atoms. The highest BCUT2D eigenvalue weighted by molar-refractivity contribution is 6.12. The van der Waals surface area contributed by atoms with Gasteiger partial charge in [-0.25, -0.2) is 18.6 Å². The molecule has 0 aliphatic carbocycles. The van der Waals surface area contributed by atoms with E-state index in [0.717, 1.165) is 7.11 Å². The smallest absolute Gasteiger partial charge is 0.430 e. The van der Waals surface area contributed by atoms with Crippen LogP contribution in [0.2, 0.25) is 0 Å². The molecule has 0 radical (unpaired) electrons. The highest BCUT2D eigenvalue weighted by atomic mass is 19.4. The number of carboxylic acid groups (broad SMARTS) is 1. The van der Waals surface area contributed by atoms with Gasteiger partial charge in [0.25, 0.3) is 6.43 Å². The fraction of sp³-hybridized carbons (Fsp3) is 0.643. The lowest BCUT2D eigenvalue weighted by Crippen LogP contribution is -2.54. The van der Waals surface area contributed by atoms with E-state index < -0.39 is 59.5 Å². The maximum atomic E-state index is 13.3. The minimum atomic E-state index is -5.31. The number of nitrogens with zero attached hydrogens (tertiary/aromatic N) is 1. The molecule has 1 N–H and O–H groups in total. The van der Waals surface area contributed by atoms with Crippen LogP contribution in [-0.4, -0.2) is 55.7 Å². The Labute approximate surface area is 139 Å². The van der Waals surface area contributed by atoms with Gasteiger partial charge in [-0.1, -0.05) is 0 Å². The number of carbonyl (C=O) groups is 2. The number of methoxy groups -OCH3 is 1. The molecular formula is C14H16F5NO5. The molecule has 0 fully saturated rings. The Balaban J connectivity index is 3.83. The van der Waals surface area contributed by atoms with Crippen LogP contribution in [0, 0.1) is 11.3 Å². The molecule has 2 atom stereocenters. The zero-order valence-corrected chi connectivity index (χ0v) is 13.5. The van der Waals surface area contributed by atoms with Crippen LogP contribution in [0.4, 0.5) is 22.0 Å². The van der Waals surface area contributed by atoms with E-state index in [-0.39, 0.29) is 6.61 Å². The predicted molar refractivity (Wildman–Crippen MR) is 74.3 cm³/mol. The van der Waals surface area contributed by atoms with Gasteiger partial charge < -0.3 is 14.6 Å². The van der Waals surface area contributed by atoms with Gasteiger partial charge in [-0.15, -0.1) is 0 Å². The second-order valence-corrected chi connectivity index (χ2v) is 5.29. The van der Waals surface area contributed by atoms with Crippen molar-refractivity contribution in [1.82, 2.24) is 0 Å². The fourth-order valence-electron chi connectivity index (χ4n) is 2.58. The van der Waals surface area contributed by atoms with Crippen LogP contribution in [-0.2, 0) is 19.1 Å². The highest BCUT2D eigenvalue weighted by Crippen LogP contribution is 2.46. The summed E-state index contributed by atoms with van der Waals surface area (Å²) in [6.07, 6.45) is -8.85. The van der Waals surface area contributed by atoms with E-state index in [2.05, 4.69) is 9.73 Å². The van der Waals surface area contributed by atoms with E-state index >= 15 is 0 Å². The maximum absolute atomic E-state index is 13.3. The van der Waals surface area contributed by atoms with E-state index in [1.165, 1.54) is 6.92 Å². The van der Waals surface area contributed by atoms with Crippen molar-refractivity contribution in [3.8, 4) is 0 Å². The van der Waals surface area contributed by atoms with Crippen molar-refractivity contribution >= 4 is 17.7 Å². The fourth-order valence-corrected chi connectivity index (χ4v) is 2.58. The third-order valence-corrected chi connectivity index (χ3v) is 3.79.